The summed E-state index contributed by atoms with van der Waals surface area (Å²) in [5.74, 6) is 0. The minimum Gasteiger partial charge on any atom is -0.359 e. The van der Waals surface area contributed by atoms with Crippen molar-refractivity contribution in [1.29, 1.82) is 0 Å². The van der Waals surface area contributed by atoms with Gasteiger partial charge < -0.3 is 4.98 Å². The molecule has 0 aliphatic heterocycles. The van der Waals surface area contributed by atoms with Crippen LogP contribution in [0.4, 0.5) is 13.2 Å². The van der Waals surface area contributed by atoms with Gasteiger partial charge in [-0.2, -0.15) is 13.2 Å². The summed E-state index contributed by atoms with van der Waals surface area (Å²) in [5, 5.41) is -0.680. The Morgan fingerprint density at radius 2 is 1.60 bits per heavy atom. The average molecular weight is 389 g/mol. The lowest BCUT2D eigenvalue weighted by Gasteiger charge is -2.12. The highest BCUT2D eigenvalue weighted by Gasteiger charge is 2.36. The summed E-state index contributed by atoms with van der Waals surface area (Å²) in [6.45, 7) is 0. The van der Waals surface area contributed by atoms with E-state index in [1.807, 2.05) is 0 Å². The molecule has 2 aromatic carbocycles. The molecule has 3 aromatic rings. The Labute approximate surface area is 142 Å². The number of rotatable bonds is 3. The molecule has 5 nitrogen and oxygen atoms in total. The topological polar surface area (TPSA) is 84.1 Å². The van der Waals surface area contributed by atoms with Crippen LogP contribution >= 0.6 is 0 Å². The Morgan fingerprint density at radius 1 is 0.960 bits per heavy atom. The minimum atomic E-state index is -4.84. The Hall–Kier alpha value is -2.33. The zero-order valence-corrected chi connectivity index (χ0v) is 14.0. The smallest absolute Gasteiger partial charge is 0.359 e. The Morgan fingerprint density at radius 3 is 2.16 bits per heavy atom. The van der Waals surface area contributed by atoms with Crippen molar-refractivity contribution in [2.45, 2.75) is 20.9 Å². The molecule has 0 aliphatic carbocycles. The first-order valence-corrected chi connectivity index (χ1v) is 9.46. The maximum atomic E-state index is 13.2. The molecule has 0 radical (unpaired) electrons. The monoisotopic (exact) mass is 389 g/mol. The van der Waals surface area contributed by atoms with Crippen LogP contribution in [-0.4, -0.2) is 21.8 Å². The Kier molecular flexibility index (Phi) is 4.12. The summed E-state index contributed by atoms with van der Waals surface area (Å²) in [6, 6.07) is 8.55. The summed E-state index contributed by atoms with van der Waals surface area (Å²) in [4.78, 5) is 1.22. The fourth-order valence-electron chi connectivity index (χ4n) is 2.54. The van der Waals surface area contributed by atoms with E-state index in [1.54, 1.807) is 6.07 Å². The van der Waals surface area contributed by atoms with Crippen LogP contribution < -0.4 is 0 Å². The largest absolute Gasteiger partial charge is 0.417 e. The number of hydrogen-bond donors (Lipinski definition) is 2. The molecular weight excluding hydrogens is 379 g/mol. The van der Waals surface area contributed by atoms with Crippen molar-refractivity contribution >= 4 is 31.4 Å². The van der Waals surface area contributed by atoms with Crippen LogP contribution in [0.3, 0.4) is 0 Å². The molecule has 132 valence electrons. The third-order valence-electron chi connectivity index (χ3n) is 3.62. The predicted molar refractivity (Wildman–Crippen MR) is 83.8 cm³/mol. The molecule has 1 N–H and O–H groups in total. The normalized spacial score (nSPS) is 12.8. The molecule has 0 atom stereocenters. The van der Waals surface area contributed by atoms with E-state index in [2.05, 4.69) is 4.98 Å². The highest BCUT2D eigenvalue weighted by molar-refractivity contribution is 7.91. The van der Waals surface area contributed by atoms with E-state index in [0.717, 1.165) is 12.3 Å². The number of fused-ring (bicyclic) bond motifs is 1. The van der Waals surface area contributed by atoms with Crippen LogP contribution in [-0.2, 0) is 26.7 Å². The van der Waals surface area contributed by atoms with Crippen molar-refractivity contribution in [2.75, 3.05) is 0 Å². The quantitative estimate of drug-likeness (QED) is 0.675. The number of thiol groups is 1. The molecule has 1 aromatic heterocycles. The first kappa shape index (κ1) is 17.5. The molecule has 0 amide bonds. The molecule has 10 heteroatoms. The second-order valence-electron chi connectivity index (χ2n) is 5.11. The van der Waals surface area contributed by atoms with Gasteiger partial charge in [0, 0.05) is 11.6 Å². The standard InChI is InChI=1S/C15H10F3NO4S2/c16-15(17,18)10-6-7-12(14-13(10)11(8-19-14)24(20)21)25(22,23)9-4-2-1-3-5-9/h1-8,19,24H. The molecule has 1 heterocycles. The number of alkyl halides is 3. The van der Waals surface area contributed by atoms with Crippen molar-refractivity contribution < 1.29 is 30.0 Å². The second-order valence-corrected chi connectivity index (χ2v) is 8.02. The fourth-order valence-corrected chi connectivity index (χ4v) is 4.57. The lowest BCUT2D eigenvalue weighted by atomic mass is 10.1. The highest BCUT2D eigenvalue weighted by atomic mass is 32.2. The molecule has 0 saturated carbocycles. The van der Waals surface area contributed by atoms with Gasteiger partial charge in [0.15, 0.2) is 10.7 Å². The first-order chi connectivity index (χ1) is 11.6. The van der Waals surface area contributed by atoms with Gasteiger partial charge >= 0.3 is 6.18 Å². The Bertz CT molecular complexity index is 1120. The van der Waals surface area contributed by atoms with Gasteiger partial charge in [-0.15, -0.1) is 0 Å². The minimum absolute atomic E-state index is 0.112. The molecule has 0 saturated heterocycles. The number of hydrogen-bond acceptors (Lipinski definition) is 4. The molecule has 0 aliphatic rings. The van der Waals surface area contributed by atoms with E-state index in [1.165, 1.54) is 24.3 Å². The van der Waals surface area contributed by atoms with Gasteiger partial charge in [0.05, 0.1) is 25.8 Å². The van der Waals surface area contributed by atoms with Crippen molar-refractivity contribution in [2.24, 2.45) is 0 Å². The number of sulfone groups is 1. The first-order valence-electron chi connectivity index (χ1n) is 6.80. The second kappa shape index (κ2) is 5.88. The van der Waals surface area contributed by atoms with Crippen molar-refractivity contribution in [3.05, 3.63) is 54.2 Å². The fraction of sp³-hybridized carbons (Fsp3) is 0.0667. The summed E-state index contributed by atoms with van der Waals surface area (Å²) >= 11 is 0. The van der Waals surface area contributed by atoms with Gasteiger partial charge in [-0.1, -0.05) is 18.2 Å². The zero-order chi connectivity index (χ0) is 18.4. The van der Waals surface area contributed by atoms with Gasteiger partial charge in [-0.25, -0.2) is 16.8 Å². The molecule has 25 heavy (non-hydrogen) atoms. The number of benzene rings is 2. The number of aromatic amines is 1. The number of H-pyrrole nitrogens is 1. The lowest BCUT2D eigenvalue weighted by Crippen LogP contribution is -2.09. The van der Waals surface area contributed by atoms with E-state index in [0.29, 0.717) is 6.07 Å². The molecule has 0 fully saturated rings. The molecular formula is C15H10F3NO4S2. The van der Waals surface area contributed by atoms with Crippen LogP contribution in [0.2, 0.25) is 0 Å². The Balaban J connectivity index is 2.41. The highest BCUT2D eigenvalue weighted by Crippen LogP contribution is 2.40. The zero-order valence-electron chi connectivity index (χ0n) is 12.2. The van der Waals surface area contributed by atoms with Gasteiger partial charge in [-0.05, 0) is 24.3 Å². The maximum absolute atomic E-state index is 13.2. The predicted octanol–water partition coefficient (Wildman–Crippen LogP) is 2.99. The van der Waals surface area contributed by atoms with Crippen molar-refractivity contribution in [3.8, 4) is 0 Å². The summed E-state index contributed by atoms with van der Waals surface area (Å²) in [5.41, 5.74) is -1.61. The van der Waals surface area contributed by atoms with E-state index < -0.39 is 53.0 Å². The molecule has 0 spiro atoms. The number of aromatic nitrogens is 1. The molecule has 3 rings (SSSR count). The van der Waals surface area contributed by atoms with Gasteiger partial charge in [0.2, 0.25) is 9.84 Å². The maximum Gasteiger partial charge on any atom is 0.417 e. The van der Waals surface area contributed by atoms with E-state index >= 15 is 0 Å². The number of nitrogens with one attached hydrogen (secondary N) is 1. The average Bonchev–Trinajstić information content (AvgIpc) is 2.98. The van der Waals surface area contributed by atoms with Gasteiger partial charge in [-0.3, -0.25) is 0 Å². The SMILES string of the molecule is O=[SH](=O)c1c[nH]c2c(S(=O)(=O)c3ccccc3)ccc(C(F)(F)F)c12. The summed E-state index contributed by atoms with van der Waals surface area (Å²) in [6.07, 6.45) is -3.98. The molecule has 0 unspecified atom stereocenters. The summed E-state index contributed by atoms with van der Waals surface area (Å²) in [7, 11) is -7.49. The number of halogens is 3. The van der Waals surface area contributed by atoms with E-state index in [-0.39, 0.29) is 4.90 Å². The van der Waals surface area contributed by atoms with Crippen LogP contribution in [0.25, 0.3) is 10.9 Å². The third-order valence-corrected chi connectivity index (χ3v) is 6.18. The molecule has 0 bridgehead atoms. The van der Waals surface area contributed by atoms with Gasteiger partial charge in [0.1, 0.15) is 0 Å². The van der Waals surface area contributed by atoms with Crippen molar-refractivity contribution in [3.63, 3.8) is 0 Å². The van der Waals surface area contributed by atoms with Crippen LogP contribution in [0.1, 0.15) is 5.56 Å². The van der Waals surface area contributed by atoms with Crippen LogP contribution in [0.5, 0.6) is 0 Å². The van der Waals surface area contributed by atoms with E-state index in [9.17, 15) is 30.0 Å². The summed E-state index contributed by atoms with van der Waals surface area (Å²) < 4.78 is 87.7. The van der Waals surface area contributed by atoms with Crippen LogP contribution in [0, 0.1) is 0 Å². The third kappa shape index (κ3) is 2.91. The van der Waals surface area contributed by atoms with Crippen LogP contribution in [0.15, 0.2) is 63.3 Å². The lowest BCUT2D eigenvalue weighted by molar-refractivity contribution is -0.136. The van der Waals surface area contributed by atoms with Crippen molar-refractivity contribution in [1.82, 2.24) is 4.98 Å². The van der Waals surface area contributed by atoms with Gasteiger partial charge in [0.25, 0.3) is 0 Å². The van der Waals surface area contributed by atoms with E-state index in [4.69, 9.17) is 0 Å².